The van der Waals surface area contributed by atoms with Gasteiger partial charge in [0.2, 0.25) is 0 Å². The van der Waals surface area contributed by atoms with Crippen molar-refractivity contribution in [1.29, 1.82) is 0 Å². The summed E-state index contributed by atoms with van der Waals surface area (Å²) in [4.78, 5) is 0. The van der Waals surface area contributed by atoms with Crippen LogP contribution in [0.15, 0.2) is 0 Å². The lowest BCUT2D eigenvalue weighted by Gasteiger charge is -2.11. The normalized spacial score (nSPS) is 14.3. The van der Waals surface area contributed by atoms with Crippen LogP contribution in [-0.4, -0.2) is 19.6 Å². The maximum absolute atomic E-state index is 9.32. The summed E-state index contributed by atoms with van der Waals surface area (Å²) < 4.78 is 0. The molecule has 0 spiro atoms. The molecule has 0 saturated carbocycles. The average Bonchev–Trinajstić information content (AvgIpc) is 1.82. The van der Waals surface area contributed by atoms with Crippen LogP contribution >= 0.6 is 0 Å². The fraction of sp³-hybridized carbons (Fsp3) is 1.00. The third-order valence-electron chi connectivity index (χ3n) is 1.62. The number of hydrogen-bond donors (Lipinski definition) is 1. The maximum atomic E-state index is 9.32. The third-order valence-corrected chi connectivity index (χ3v) is 3.50. The maximum Gasteiger partial charge on any atom is 0.0652 e. The molecule has 0 radical (unpaired) electrons. The molecule has 0 aromatic rings. The van der Waals surface area contributed by atoms with Crippen molar-refractivity contribution >= 4 is 8.80 Å². The summed E-state index contributed by atoms with van der Waals surface area (Å²) in [5, 5.41) is 9.32. The van der Waals surface area contributed by atoms with Gasteiger partial charge in [-0.15, -0.1) is 0 Å². The molecule has 0 aliphatic heterocycles. The van der Waals surface area contributed by atoms with Crippen LogP contribution in [0.25, 0.3) is 0 Å². The van der Waals surface area contributed by atoms with E-state index < -0.39 is 8.80 Å². The van der Waals surface area contributed by atoms with Crippen LogP contribution in [0.2, 0.25) is 13.1 Å². The SMILES string of the molecule is CCCCC(O)[SiH](C)C. The van der Waals surface area contributed by atoms with Crippen LogP contribution in [-0.2, 0) is 0 Å². The van der Waals surface area contributed by atoms with Gasteiger partial charge in [-0.25, -0.2) is 0 Å². The Bertz CT molecular complexity index is 63.9. The zero-order valence-corrected chi connectivity index (χ0v) is 7.88. The number of unbranched alkanes of at least 4 members (excludes halogenated alkanes) is 1. The van der Waals surface area contributed by atoms with Gasteiger partial charge in [-0.3, -0.25) is 0 Å². The van der Waals surface area contributed by atoms with E-state index >= 15 is 0 Å². The molecule has 1 N–H and O–H groups in total. The first kappa shape index (κ1) is 9.18. The van der Waals surface area contributed by atoms with Gasteiger partial charge >= 0.3 is 0 Å². The molecule has 0 saturated heterocycles. The standard InChI is InChI=1S/C7H18OSi/c1-4-5-6-7(8)9(2)3/h7-9H,4-6H2,1-3H3. The predicted molar refractivity (Wildman–Crippen MR) is 44.4 cm³/mol. The Morgan fingerprint density at radius 3 is 2.33 bits per heavy atom. The van der Waals surface area contributed by atoms with E-state index in [2.05, 4.69) is 20.0 Å². The van der Waals surface area contributed by atoms with Crippen molar-refractivity contribution < 1.29 is 5.11 Å². The summed E-state index contributed by atoms with van der Waals surface area (Å²) in [5.74, 6) is 0. The highest BCUT2D eigenvalue weighted by atomic mass is 28.3. The molecule has 9 heavy (non-hydrogen) atoms. The minimum atomic E-state index is -0.741. The van der Waals surface area contributed by atoms with E-state index in [0.29, 0.717) is 0 Å². The Morgan fingerprint density at radius 2 is 2.00 bits per heavy atom. The Balaban J connectivity index is 3.16. The van der Waals surface area contributed by atoms with E-state index in [9.17, 15) is 5.11 Å². The van der Waals surface area contributed by atoms with Gasteiger partial charge in [0.15, 0.2) is 0 Å². The predicted octanol–water partition coefficient (Wildman–Crippen LogP) is 1.56. The Morgan fingerprint density at radius 1 is 1.44 bits per heavy atom. The summed E-state index contributed by atoms with van der Waals surface area (Å²) in [7, 11) is -0.741. The summed E-state index contributed by atoms with van der Waals surface area (Å²) >= 11 is 0. The van der Waals surface area contributed by atoms with Crippen molar-refractivity contribution in [2.45, 2.75) is 45.0 Å². The van der Waals surface area contributed by atoms with Crippen LogP contribution in [0.5, 0.6) is 0 Å². The van der Waals surface area contributed by atoms with E-state index in [4.69, 9.17) is 0 Å². The molecule has 0 aliphatic carbocycles. The molecule has 0 aromatic carbocycles. The minimum absolute atomic E-state index is 0.0601. The van der Waals surface area contributed by atoms with Crippen LogP contribution in [0.4, 0.5) is 0 Å². The molecular weight excluding hydrogens is 128 g/mol. The van der Waals surface area contributed by atoms with Crippen molar-refractivity contribution in [3.63, 3.8) is 0 Å². The topological polar surface area (TPSA) is 20.2 Å². The van der Waals surface area contributed by atoms with Gasteiger partial charge < -0.3 is 5.11 Å². The van der Waals surface area contributed by atoms with Crippen molar-refractivity contribution in [2.24, 2.45) is 0 Å². The average molecular weight is 146 g/mol. The van der Waals surface area contributed by atoms with Crippen LogP contribution in [0.3, 0.4) is 0 Å². The lowest BCUT2D eigenvalue weighted by Crippen LogP contribution is -2.23. The fourth-order valence-corrected chi connectivity index (χ4v) is 1.65. The molecule has 56 valence electrons. The highest BCUT2D eigenvalue weighted by Crippen LogP contribution is 2.02. The molecule has 0 rings (SSSR count). The van der Waals surface area contributed by atoms with Gasteiger partial charge in [-0.05, 0) is 6.42 Å². The van der Waals surface area contributed by atoms with E-state index in [1.54, 1.807) is 0 Å². The van der Waals surface area contributed by atoms with Gasteiger partial charge in [0.25, 0.3) is 0 Å². The van der Waals surface area contributed by atoms with Gasteiger partial charge in [0, 0.05) is 5.73 Å². The number of aliphatic hydroxyl groups is 1. The highest BCUT2D eigenvalue weighted by Gasteiger charge is 2.08. The van der Waals surface area contributed by atoms with Crippen LogP contribution in [0.1, 0.15) is 26.2 Å². The second-order valence-electron chi connectivity index (χ2n) is 2.95. The number of rotatable bonds is 4. The quantitative estimate of drug-likeness (QED) is 0.597. The van der Waals surface area contributed by atoms with Crippen molar-refractivity contribution in [1.82, 2.24) is 0 Å². The van der Waals surface area contributed by atoms with E-state index in [-0.39, 0.29) is 5.73 Å². The molecular formula is C7H18OSi. The monoisotopic (exact) mass is 146 g/mol. The van der Waals surface area contributed by atoms with Gasteiger partial charge in [-0.2, -0.15) is 0 Å². The molecule has 0 heterocycles. The van der Waals surface area contributed by atoms with Crippen LogP contribution < -0.4 is 0 Å². The zero-order chi connectivity index (χ0) is 7.28. The Labute approximate surface area is 59.7 Å². The Kier molecular flexibility index (Phi) is 5.10. The summed E-state index contributed by atoms with van der Waals surface area (Å²) in [5.41, 5.74) is 0.0601. The second kappa shape index (κ2) is 5.00. The molecule has 0 amide bonds. The summed E-state index contributed by atoms with van der Waals surface area (Å²) in [6.45, 7) is 6.55. The lowest BCUT2D eigenvalue weighted by atomic mass is 10.3. The molecule has 1 atom stereocenters. The smallest absolute Gasteiger partial charge is 0.0652 e. The largest absolute Gasteiger partial charge is 0.397 e. The molecule has 1 nitrogen and oxygen atoms in total. The molecule has 0 bridgehead atoms. The minimum Gasteiger partial charge on any atom is -0.397 e. The number of aliphatic hydroxyl groups excluding tert-OH is 1. The molecule has 0 fully saturated rings. The lowest BCUT2D eigenvalue weighted by molar-refractivity contribution is 0.234. The first-order chi connectivity index (χ1) is 4.18. The molecule has 2 heteroatoms. The van der Waals surface area contributed by atoms with Crippen molar-refractivity contribution in [3.05, 3.63) is 0 Å². The Hall–Kier alpha value is 0.177. The van der Waals surface area contributed by atoms with Gasteiger partial charge in [0.05, 0.1) is 8.80 Å². The fourth-order valence-electron chi connectivity index (χ4n) is 0.747. The summed E-state index contributed by atoms with van der Waals surface area (Å²) in [6, 6.07) is 0. The molecule has 0 aliphatic rings. The van der Waals surface area contributed by atoms with E-state index in [1.165, 1.54) is 12.8 Å². The third kappa shape index (κ3) is 4.67. The second-order valence-corrected chi connectivity index (χ2v) is 6.21. The van der Waals surface area contributed by atoms with E-state index in [1.807, 2.05) is 0 Å². The van der Waals surface area contributed by atoms with Gasteiger partial charge in [-0.1, -0.05) is 32.9 Å². The zero-order valence-electron chi connectivity index (χ0n) is 6.72. The summed E-state index contributed by atoms with van der Waals surface area (Å²) in [6.07, 6.45) is 3.42. The van der Waals surface area contributed by atoms with Crippen LogP contribution in [0, 0.1) is 0 Å². The molecule has 0 aromatic heterocycles. The van der Waals surface area contributed by atoms with Crippen molar-refractivity contribution in [3.8, 4) is 0 Å². The number of hydrogen-bond acceptors (Lipinski definition) is 1. The van der Waals surface area contributed by atoms with Gasteiger partial charge in [0.1, 0.15) is 0 Å². The van der Waals surface area contributed by atoms with Crippen molar-refractivity contribution in [2.75, 3.05) is 0 Å². The first-order valence-electron chi connectivity index (χ1n) is 3.86. The highest BCUT2D eigenvalue weighted by molar-refractivity contribution is 6.57. The first-order valence-corrected chi connectivity index (χ1v) is 6.84. The molecule has 1 unspecified atom stereocenters. The van der Waals surface area contributed by atoms with E-state index in [0.717, 1.165) is 6.42 Å².